The van der Waals surface area contributed by atoms with E-state index in [1.165, 1.54) is 22.5 Å². The lowest BCUT2D eigenvalue weighted by molar-refractivity contribution is -0.115. The first kappa shape index (κ1) is 20.2. The van der Waals surface area contributed by atoms with Crippen molar-refractivity contribution >= 4 is 35.0 Å². The molecule has 1 N–H and O–H groups in total. The topological polar surface area (TPSA) is 64.0 Å². The molecular weight excluding hydrogens is 394 g/mol. The first-order chi connectivity index (χ1) is 13.3. The lowest BCUT2D eigenvalue weighted by Gasteiger charge is -2.13. The van der Waals surface area contributed by atoms with Crippen molar-refractivity contribution in [2.75, 3.05) is 5.32 Å². The maximum absolute atomic E-state index is 12.5. The second kappa shape index (κ2) is 8.63. The number of hydrogen-bond acceptors (Lipinski definition) is 4. The van der Waals surface area contributed by atoms with E-state index < -0.39 is 5.25 Å². The Morgan fingerprint density at radius 1 is 1.11 bits per heavy atom. The third-order valence-electron chi connectivity index (χ3n) is 4.31. The molecule has 1 aromatic heterocycles. The summed E-state index contributed by atoms with van der Waals surface area (Å²) in [4.78, 5) is 24.7. The molecule has 3 aromatic rings. The van der Waals surface area contributed by atoms with Crippen LogP contribution in [0.1, 0.15) is 18.1 Å². The van der Waals surface area contributed by atoms with Gasteiger partial charge < -0.3 is 5.32 Å². The summed E-state index contributed by atoms with van der Waals surface area (Å²) in [5.74, 6) is -0.191. The Labute approximate surface area is 172 Å². The van der Waals surface area contributed by atoms with E-state index in [0.29, 0.717) is 21.4 Å². The van der Waals surface area contributed by atoms with Gasteiger partial charge in [-0.15, -0.1) is 0 Å². The van der Waals surface area contributed by atoms with Crippen molar-refractivity contribution in [1.82, 2.24) is 9.78 Å². The zero-order valence-electron chi connectivity index (χ0n) is 15.8. The number of nitrogens with zero attached hydrogens (tertiary/aromatic N) is 2. The Bertz CT molecular complexity index is 1080. The van der Waals surface area contributed by atoms with Crippen LogP contribution in [0.15, 0.2) is 64.4 Å². The summed E-state index contributed by atoms with van der Waals surface area (Å²) in [6.07, 6.45) is 0. The molecule has 1 amide bonds. The van der Waals surface area contributed by atoms with Crippen LogP contribution in [0.4, 0.5) is 5.69 Å². The van der Waals surface area contributed by atoms with Crippen molar-refractivity contribution in [2.45, 2.75) is 31.0 Å². The van der Waals surface area contributed by atoms with Crippen LogP contribution < -0.4 is 10.9 Å². The Kier molecular flexibility index (Phi) is 6.21. The monoisotopic (exact) mass is 413 g/mol. The van der Waals surface area contributed by atoms with Gasteiger partial charge in [-0.2, -0.15) is 9.78 Å². The molecule has 144 valence electrons. The van der Waals surface area contributed by atoms with Crippen molar-refractivity contribution < 1.29 is 4.79 Å². The predicted octanol–water partition coefficient (Wildman–Crippen LogP) is 4.62. The number of aromatic nitrogens is 2. The Hall–Kier alpha value is -2.57. The van der Waals surface area contributed by atoms with Crippen molar-refractivity contribution in [3.05, 3.63) is 81.1 Å². The van der Waals surface area contributed by atoms with E-state index in [4.69, 9.17) is 11.6 Å². The quantitative estimate of drug-likeness (QED) is 0.620. The smallest absolute Gasteiger partial charge is 0.271 e. The number of carbonyl (C=O) groups is 1. The molecule has 28 heavy (non-hydrogen) atoms. The van der Waals surface area contributed by atoms with E-state index in [0.717, 1.165) is 11.1 Å². The highest BCUT2D eigenvalue weighted by Crippen LogP contribution is 2.25. The number of thioether (sulfide) groups is 1. The van der Waals surface area contributed by atoms with Crippen molar-refractivity contribution in [3.8, 4) is 5.69 Å². The molecule has 5 nitrogen and oxygen atoms in total. The third kappa shape index (κ3) is 4.64. The van der Waals surface area contributed by atoms with Gasteiger partial charge in [0, 0.05) is 6.07 Å². The second-order valence-corrected chi connectivity index (χ2v) is 8.19. The Morgan fingerprint density at radius 2 is 1.86 bits per heavy atom. The van der Waals surface area contributed by atoms with Crippen LogP contribution >= 0.6 is 23.4 Å². The van der Waals surface area contributed by atoms with Crippen LogP contribution in [0, 0.1) is 13.8 Å². The third-order valence-corrected chi connectivity index (χ3v) is 5.67. The highest BCUT2D eigenvalue weighted by atomic mass is 35.5. The molecule has 0 aliphatic heterocycles. The molecule has 0 unspecified atom stereocenters. The fourth-order valence-electron chi connectivity index (χ4n) is 2.53. The largest absolute Gasteiger partial charge is 0.324 e. The van der Waals surface area contributed by atoms with E-state index in [1.54, 1.807) is 37.3 Å². The highest BCUT2D eigenvalue weighted by molar-refractivity contribution is 8.00. The molecule has 2 aromatic carbocycles. The first-order valence-corrected chi connectivity index (χ1v) is 10.0. The van der Waals surface area contributed by atoms with Gasteiger partial charge in [-0.05, 0) is 62.2 Å². The Balaban J connectivity index is 1.79. The number of halogens is 1. The number of rotatable bonds is 5. The van der Waals surface area contributed by atoms with Gasteiger partial charge in [0.25, 0.3) is 5.56 Å². The zero-order chi connectivity index (χ0) is 20.3. The standard InChI is InChI=1S/C21H20ClN3O2S/c1-13-8-9-16(12-14(13)2)25-20(26)11-10-19(24-25)28-15(3)21(27)23-18-7-5-4-6-17(18)22/h4-12,15H,1-3H3,(H,23,27)/t15-/m0/s1. The predicted molar refractivity (Wildman–Crippen MR) is 115 cm³/mol. The van der Waals surface area contributed by atoms with Crippen molar-refractivity contribution in [1.29, 1.82) is 0 Å². The molecule has 0 bridgehead atoms. The number of nitrogens with one attached hydrogen (secondary N) is 1. The fraction of sp³-hybridized carbons (Fsp3) is 0.190. The molecule has 1 heterocycles. The summed E-state index contributed by atoms with van der Waals surface area (Å²) in [6.45, 7) is 5.79. The van der Waals surface area contributed by atoms with Gasteiger partial charge in [0.1, 0.15) is 5.03 Å². The molecule has 0 radical (unpaired) electrons. The number of hydrogen-bond donors (Lipinski definition) is 1. The summed E-state index contributed by atoms with van der Waals surface area (Å²) in [7, 11) is 0. The molecule has 7 heteroatoms. The molecule has 0 spiro atoms. The van der Waals surface area contributed by atoms with Gasteiger partial charge in [-0.1, -0.05) is 41.6 Å². The van der Waals surface area contributed by atoms with Crippen LogP contribution in [-0.4, -0.2) is 20.9 Å². The minimum atomic E-state index is -0.422. The average molecular weight is 414 g/mol. The van der Waals surface area contributed by atoms with E-state index in [1.807, 2.05) is 32.0 Å². The number of aryl methyl sites for hydroxylation is 2. The SMILES string of the molecule is Cc1ccc(-n2nc(S[C@@H](C)C(=O)Nc3ccccc3Cl)ccc2=O)cc1C. The molecule has 3 rings (SSSR count). The van der Waals surface area contributed by atoms with E-state index >= 15 is 0 Å². The molecule has 0 saturated carbocycles. The number of anilines is 1. The molecular formula is C21H20ClN3O2S. The number of carbonyl (C=O) groups excluding carboxylic acids is 1. The summed E-state index contributed by atoms with van der Waals surface area (Å²) >= 11 is 7.37. The minimum Gasteiger partial charge on any atom is -0.324 e. The molecule has 0 aliphatic carbocycles. The first-order valence-electron chi connectivity index (χ1n) is 8.75. The van der Waals surface area contributed by atoms with Gasteiger partial charge >= 0.3 is 0 Å². The van der Waals surface area contributed by atoms with E-state index in [2.05, 4.69) is 10.4 Å². The maximum Gasteiger partial charge on any atom is 0.271 e. The summed E-state index contributed by atoms with van der Waals surface area (Å²) in [5, 5.41) is 7.88. The van der Waals surface area contributed by atoms with Crippen molar-refractivity contribution in [2.24, 2.45) is 0 Å². The van der Waals surface area contributed by atoms with Gasteiger partial charge in [0.05, 0.1) is 21.6 Å². The number of benzene rings is 2. The summed E-state index contributed by atoms with van der Waals surface area (Å²) in [5.41, 5.74) is 3.27. The van der Waals surface area contributed by atoms with Crippen LogP contribution in [0.25, 0.3) is 5.69 Å². The molecule has 0 fully saturated rings. The van der Waals surface area contributed by atoms with E-state index in [9.17, 15) is 9.59 Å². The van der Waals surface area contributed by atoms with Crippen LogP contribution in [0.5, 0.6) is 0 Å². The van der Waals surface area contributed by atoms with Gasteiger partial charge in [-0.3, -0.25) is 9.59 Å². The van der Waals surface area contributed by atoms with Crippen molar-refractivity contribution in [3.63, 3.8) is 0 Å². The summed E-state index contributed by atoms with van der Waals surface area (Å²) in [6, 6.07) is 15.9. The van der Waals surface area contributed by atoms with Crippen LogP contribution in [0.2, 0.25) is 5.02 Å². The van der Waals surface area contributed by atoms with Crippen LogP contribution in [-0.2, 0) is 4.79 Å². The summed E-state index contributed by atoms with van der Waals surface area (Å²) < 4.78 is 1.35. The normalized spacial score (nSPS) is 11.9. The maximum atomic E-state index is 12.5. The highest BCUT2D eigenvalue weighted by Gasteiger charge is 2.17. The second-order valence-electron chi connectivity index (χ2n) is 6.42. The van der Waals surface area contributed by atoms with Crippen LogP contribution in [0.3, 0.4) is 0 Å². The minimum absolute atomic E-state index is 0.191. The number of para-hydroxylation sites is 1. The van der Waals surface area contributed by atoms with E-state index in [-0.39, 0.29) is 11.5 Å². The fourth-order valence-corrected chi connectivity index (χ4v) is 3.52. The van der Waals surface area contributed by atoms with Gasteiger partial charge in [0.2, 0.25) is 5.91 Å². The molecule has 0 saturated heterocycles. The lowest BCUT2D eigenvalue weighted by atomic mass is 10.1. The van der Waals surface area contributed by atoms with Gasteiger partial charge in [-0.25, -0.2) is 0 Å². The zero-order valence-corrected chi connectivity index (χ0v) is 17.3. The Morgan fingerprint density at radius 3 is 2.57 bits per heavy atom. The number of amides is 1. The average Bonchev–Trinajstić information content (AvgIpc) is 2.67. The lowest BCUT2D eigenvalue weighted by Crippen LogP contribution is -2.24. The van der Waals surface area contributed by atoms with Gasteiger partial charge in [0.15, 0.2) is 0 Å². The molecule has 1 atom stereocenters. The molecule has 0 aliphatic rings.